The minimum absolute atomic E-state index is 0.0223. The van der Waals surface area contributed by atoms with Gasteiger partial charge in [-0.25, -0.2) is 0 Å². The summed E-state index contributed by atoms with van der Waals surface area (Å²) in [6.45, 7) is 2.36. The zero-order valence-corrected chi connectivity index (χ0v) is 11.9. The fourth-order valence-electron chi connectivity index (χ4n) is 2.56. The first-order valence-corrected chi connectivity index (χ1v) is 7.02. The van der Waals surface area contributed by atoms with Crippen LogP contribution < -0.4 is 15.8 Å². The lowest BCUT2D eigenvalue weighted by Gasteiger charge is -2.17. The number of fused-ring (bicyclic) bond motifs is 1. The van der Waals surface area contributed by atoms with E-state index in [1.54, 1.807) is 0 Å². The lowest BCUT2D eigenvalue weighted by Crippen LogP contribution is -2.32. The molecule has 2 atom stereocenters. The van der Waals surface area contributed by atoms with Gasteiger partial charge in [-0.2, -0.15) is 0 Å². The van der Waals surface area contributed by atoms with Crippen LogP contribution in [-0.4, -0.2) is 12.5 Å². The quantitative estimate of drug-likeness (QED) is 0.851. The van der Waals surface area contributed by atoms with Crippen LogP contribution in [-0.2, 0) is 4.79 Å². The molecule has 1 aliphatic heterocycles. The van der Waals surface area contributed by atoms with E-state index < -0.39 is 0 Å². The first-order valence-electron chi connectivity index (χ1n) is 7.02. The van der Waals surface area contributed by atoms with Gasteiger partial charge in [-0.05, 0) is 30.7 Å². The maximum absolute atomic E-state index is 12.4. The van der Waals surface area contributed by atoms with Gasteiger partial charge >= 0.3 is 0 Å². The Morgan fingerprint density at radius 1 is 1.29 bits per heavy atom. The maximum atomic E-state index is 12.4. The van der Waals surface area contributed by atoms with Gasteiger partial charge in [0, 0.05) is 11.3 Å². The summed E-state index contributed by atoms with van der Waals surface area (Å²) in [6.07, 6.45) is 0. The van der Waals surface area contributed by atoms with Gasteiger partial charge in [0.05, 0.1) is 12.0 Å². The molecule has 4 nitrogen and oxygen atoms in total. The first-order chi connectivity index (χ1) is 10.1. The van der Waals surface area contributed by atoms with Crippen molar-refractivity contribution in [1.82, 2.24) is 5.32 Å². The number of rotatable bonds is 3. The van der Waals surface area contributed by atoms with Crippen molar-refractivity contribution in [3.8, 4) is 5.75 Å². The van der Waals surface area contributed by atoms with Crippen LogP contribution in [0.1, 0.15) is 30.0 Å². The highest BCUT2D eigenvalue weighted by Crippen LogP contribution is 2.32. The van der Waals surface area contributed by atoms with Crippen molar-refractivity contribution < 1.29 is 9.53 Å². The molecule has 0 fully saturated rings. The molecule has 0 spiro atoms. The number of hydrogen-bond donors (Lipinski definition) is 2. The van der Waals surface area contributed by atoms with Crippen molar-refractivity contribution >= 4 is 11.6 Å². The zero-order chi connectivity index (χ0) is 14.8. The van der Waals surface area contributed by atoms with Gasteiger partial charge in [0.2, 0.25) is 5.91 Å². The van der Waals surface area contributed by atoms with E-state index in [4.69, 9.17) is 10.5 Å². The Labute approximate surface area is 123 Å². The number of nitrogens with two attached hydrogens (primary N) is 1. The minimum Gasteiger partial charge on any atom is -0.491 e. The molecule has 3 N–H and O–H groups in total. The molecule has 1 amide bonds. The summed E-state index contributed by atoms with van der Waals surface area (Å²) in [5.41, 5.74) is 8.39. The standard InChI is InChI=1S/C17H18N2O2/c1-11(12-5-4-6-13(18)9-12)17(20)19-15-10-21-16-8-3-2-7-14(15)16/h2-9,11,15H,10,18H2,1H3,(H,19,20). The van der Waals surface area contributed by atoms with Gasteiger partial charge in [-0.1, -0.05) is 30.3 Å². The van der Waals surface area contributed by atoms with Crippen LogP contribution in [0.3, 0.4) is 0 Å². The summed E-state index contributed by atoms with van der Waals surface area (Å²) in [5.74, 6) is 0.576. The average Bonchev–Trinajstić information content (AvgIpc) is 2.90. The Hall–Kier alpha value is -2.49. The predicted octanol–water partition coefficient (Wildman–Crippen LogP) is 2.62. The fourth-order valence-corrected chi connectivity index (χ4v) is 2.56. The van der Waals surface area contributed by atoms with E-state index in [1.807, 2.05) is 55.5 Å². The fraction of sp³-hybridized carbons (Fsp3) is 0.235. The average molecular weight is 282 g/mol. The molecule has 108 valence electrons. The van der Waals surface area contributed by atoms with Crippen LogP contribution in [0.15, 0.2) is 48.5 Å². The van der Waals surface area contributed by atoms with Crippen LogP contribution in [0.25, 0.3) is 0 Å². The second kappa shape index (κ2) is 5.48. The lowest BCUT2D eigenvalue weighted by molar-refractivity contribution is -0.123. The van der Waals surface area contributed by atoms with Crippen LogP contribution in [0.2, 0.25) is 0 Å². The third-order valence-corrected chi connectivity index (χ3v) is 3.82. The summed E-state index contributed by atoms with van der Waals surface area (Å²) in [6, 6.07) is 15.1. The molecular weight excluding hydrogens is 264 g/mol. The van der Waals surface area contributed by atoms with Gasteiger partial charge < -0.3 is 15.8 Å². The van der Waals surface area contributed by atoms with E-state index in [9.17, 15) is 4.79 Å². The second-order valence-corrected chi connectivity index (χ2v) is 5.30. The Morgan fingerprint density at radius 3 is 2.90 bits per heavy atom. The van der Waals surface area contributed by atoms with Crippen LogP contribution in [0.4, 0.5) is 5.69 Å². The number of hydrogen-bond acceptors (Lipinski definition) is 3. The Bertz CT molecular complexity index is 669. The van der Waals surface area contributed by atoms with E-state index in [2.05, 4.69) is 5.32 Å². The summed E-state index contributed by atoms with van der Waals surface area (Å²) in [7, 11) is 0. The van der Waals surface area contributed by atoms with Crippen molar-refractivity contribution in [3.63, 3.8) is 0 Å². The molecule has 0 radical (unpaired) electrons. The number of carbonyl (C=O) groups is 1. The molecule has 0 bridgehead atoms. The van der Waals surface area contributed by atoms with Crippen molar-refractivity contribution in [2.75, 3.05) is 12.3 Å². The number of benzene rings is 2. The van der Waals surface area contributed by atoms with Crippen molar-refractivity contribution in [3.05, 3.63) is 59.7 Å². The molecule has 0 aromatic heterocycles. The molecule has 0 saturated heterocycles. The molecule has 1 heterocycles. The minimum atomic E-state index is -0.249. The number of amides is 1. The lowest BCUT2D eigenvalue weighted by atomic mass is 9.99. The molecule has 1 aliphatic rings. The SMILES string of the molecule is CC(C(=O)NC1COc2ccccc21)c1cccc(N)c1. The van der Waals surface area contributed by atoms with E-state index >= 15 is 0 Å². The van der Waals surface area contributed by atoms with Crippen LogP contribution in [0.5, 0.6) is 5.75 Å². The van der Waals surface area contributed by atoms with Gasteiger partial charge in [0.25, 0.3) is 0 Å². The Morgan fingerprint density at radius 2 is 2.10 bits per heavy atom. The smallest absolute Gasteiger partial charge is 0.227 e. The zero-order valence-electron chi connectivity index (χ0n) is 11.9. The topological polar surface area (TPSA) is 64.3 Å². The van der Waals surface area contributed by atoms with E-state index in [0.717, 1.165) is 16.9 Å². The summed E-state index contributed by atoms with van der Waals surface area (Å²) in [5, 5.41) is 3.05. The first kappa shape index (κ1) is 13.5. The highest BCUT2D eigenvalue weighted by Gasteiger charge is 2.27. The molecule has 21 heavy (non-hydrogen) atoms. The molecule has 2 aromatic rings. The van der Waals surface area contributed by atoms with Crippen LogP contribution in [0, 0.1) is 0 Å². The van der Waals surface area contributed by atoms with Gasteiger partial charge in [-0.3, -0.25) is 4.79 Å². The van der Waals surface area contributed by atoms with Gasteiger partial charge in [0.15, 0.2) is 0 Å². The van der Waals surface area contributed by atoms with E-state index in [1.165, 1.54) is 0 Å². The van der Waals surface area contributed by atoms with E-state index in [0.29, 0.717) is 12.3 Å². The molecular formula is C17H18N2O2. The maximum Gasteiger partial charge on any atom is 0.227 e. The third kappa shape index (κ3) is 2.70. The van der Waals surface area contributed by atoms with Gasteiger partial charge in [0.1, 0.15) is 12.4 Å². The molecule has 0 aliphatic carbocycles. The van der Waals surface area contributed by atoms with E-state index in [-0.39, 0.29) is 17.9 Å². The molecule has 0 saturated carbocycles. The van der Waals surface area contributed by atoms with Crippen molar-refractivity contribution in [2.24, 2.45) is 0 Å². The summed E-state index contributed by atoms with van der Waals surface area (Å²) < 4.78 is 5.58. The normalized spacial score (nSPS) is 17.7. The molecule has 4 heteroatoms. The number of nitrogens with one attached hydrogen (secondary N) is 1. The molecule has 2 aromatic carbocycles. The number of nitrogen functional groups attached to an aromatic ring is 1. The van der Waals surface area contributed by atoms with Crippen molar-refractivity contribution in [1.29, 1.82) is 0 Å². The third-order valence-electron chi connectivity index (χ3n) is 3.82. The number of carbonyl (C=O) groups excluding carboxylic acids is 1. The Kier molecular flexibility index (Phi) is 3.52. The molecule has 2 unspecified atom stereocenters. The highest BCUT2D eigenvalue weighted by atomic mass is 16.5. The summed E-state index contributed by atoms with van der Waals surface area (Å²) >= 11 is 0. The highest BCUT2D eigenvalue weighted by molar-refractivity contribution is 5.84. The number of anilines is 1. The number of ether oxygens (including phenoxy) is 1. The number of para-hydroxylation sites is 1. The Balaban J connectivity index is 1.73. The largest absolute Gasteiger partial charge is 0.491 e. The van der Waals surface area contributed by atoms with Gasteiger partial charge in [-0.15, -0.1) is 0 Å². The summed E-state index contributed by atoms with van der Waals surface area (Å²) in [4.78, 5) is 12.4. The second-order valence-electron chi connectivity index (χ2n) is 5.30. The van der Waals surface area contributed by atoms with Crippen molar-refractivity contribution in [2.45, 2.75) is 18.9 Å². The van der Waals surface area contributed by atoms with Crippen LogP contribution >= 0.6 is 0 Å². The molecule has 3 rings (SSSR count). The monoisotopic (exact) mass is 282 g/mol. The predicted molar refractivity (Wildman–Crippen MR) is 82.1 cm³/mol.